The Hall–Kier alpha value is -2.49. The summed E-state index contributed by atoms with van der Waals surface area (Å²) >= 11 is 0. The number of hydrogen-bond donors (Lipinski definition) is 0. The van der Waals surface area contributed by atoms with Crippen molar-refractivity contribution in [2.45, 2.75) is 58.8 Å². The monoisotopic (exact) mass is 428 g/mol. The number of ether oxygens (including phenoxy) is 1. The van der Waals surface area contributed by atoms with E-state index in [1.807, 2.05) is 18.2 Å². The molecule has 166 valence electrons. The summed E-state index contributed by atoms with van der Waals surface area (Å²) in [5.74, 6) is -1.07. The maximum Gasteiger partial charge on any atom is 0.166 e. The van der Waals surface area contributed by atoms with Crippen LogP contribution in [0.2, 0.25) is 0 Å². The lowest BCUT2D eigenvalue weighted by atomic mass is 9.86. The molecule has 0 amide bonds. The molecule has 0 spiro atoms. The van der Waals surface area contributed by atoms with Crippen molar-refractivity contribution in [3.63, 3.8) is 0 Å². The lowest BCUT2D eigenvalue weighted by Crippen LogP contribution is -2.04. The van der Waals surface area contributed by atoms with Crippen molar-refractivity contribution in [1.82, 2.24) is 0 Å². The van der Waals surface area contributed by atoms with Gasteiger partial charge in [-0.25, -0.2) is 13.2 Å². The van der Waals surface area contributed by atoms with Gasteiger partial charge in [0.15, 0.2) is 11.6 Å². The molecular weight excluding hydrogens is 397 g/mol. The van der Waals surface area contributed by atoms with Crippen molar-refractivity contribution in [1.29, 1.82) is 0 Å². The fraction of sp³-hybridized carbons (Fsp3) is 0.407. The van der Waals surface area contributed by atoms with E-state index >= 15 is 0 Å². The SMILES string of the molecule is CCCCCCOc1ccc(C2=CCC(/C=C/c3ccc(C)c(F)c3F)CC2)c(F)c1. The first-order valence-electron chi connectivity index (χ1n) is 11.2. The van der Waals surface area contributed by atoms with Crippen molar-refractivity contribution in [3.05, 3.63) is 76.6 Å². The predicted octanol–water partition coefficient (Wildman–Crippen LogP) is 8.27. The van der Waals surface area contributed by atoms with Gasteiger partial charge in [0.05, 0.1) is 6.61 Å². The third-order valence-electron chi connectivity index (χ3n) is 5.86. The van der Waals surface area contributed by atoms with Gasteiger partial charge in [-0.1, -0.05) is 56.5 Å². The highest BCUT2D eigenvalue weighted by Gasteiger charge is 2.17. The van der Waals surface area contributed by atoms with Crippen molar-refractivity contribution >= 4 is 11.6 Å². The summed E-state index contributed by atoms with van der Waals surface area (Å²) in [6.45, 7) is 4.32. The van der Waals surface area contributed by atoms with E-state index in [1.54, 1.807) is 31.2 Å². The molecule has 1 aliphatic carbocycles. The summed E-state index contributed by atoms with van der Waals surface area (Å²) in [7, 11) is 0. The number of rotatable bonds is 9. The normalized spacial score (nSPS) is 16.5. The Kier molecular flexibility index (Phi) is 8.39. The van der Waals surface area contributed by atoms with Crippen LogP contribution in [0.4, 0.5) is 13.2 Å². The molecule has 0 N–H and O–H groups in total. The van der Waals surface area contributed by atoms with E-state index in [0.717, 1.165) is 37.7 Å². The second kappa shape index (κ2) is 11.2. The number of aryl methyl sites for hydroxylation is 1. The van der Waals surface area contributed by atoms with Gasteiger partial charge in [0.1, 0.15) is 11.6 Å². The van der Waals surface area contributed by atoms with Crippen LogP contribution in [0.3, 0.4) is 0 Å². The molecule has 1 unspecified atom stereocenters. The highest BCUT2D eigenvalue weighted by atomic mass is 19.2. The minimum atomic E-state index is -0.807. The Morgan fingerprint density at radius 3 is 2.58 bits per heavy atom. The molecule has 0 aliphatic heterocycles. The Morgan fingerprint density at radius 2 is 1.87 bits per heavy atom. The van der Waals surface area contributed by atoms with Gasteiger partial charge in [0.2, 0.25) is 0 Å². The molecular formula is C27H31F3O. The van der Waals surface area contributed by atoms with E-state index in [1.165, 1.54) is 18.9 Å². The summed E-state index contributed by atoms with van der Waals surface area (Å²) < 4.78 is 48.0. The average molecular weight is 429 g/mol. The molecule has 0 radical (unpaired) electrons. The number of benzene rings is 2. The van der Waals surface area contributed by atoms with E-state index in [9.17, 15) is 13.2 Å². The second-order valence-corrected chi connectivity index (χ2v) is 8.27. The maximum absolute atomic E-state index is 14.6. The molecule has 1 atom stereocenters. The summed E-state index contributed by atoms with van der Waals surface area (Å²) in [5.41, 5.74) is 2.17. The van der Waals surface area contributed by atoms with E-state index < -0.39 is 11.6 Å². The van der Waals surface area contributed by atoms with Crippen LogP contribution in [0.25, 0.3) is 11.6 Å². The van der Waals surface area contributed by atoms with Gasteiger partial charge in [-0.05, 0) is 61.8 Å². The molecule has 31 heavy (non-hydrogen) atoms. The lowest BCUT2D eigenvalue weighted by molar-refractivity contribution is 0.303. The lowest BCUT2D eigenvalue weighted by Gasteiger charge is -2.20. The quantitative estimate of drug-likeness (QED) is 0.365. The summed E-state index contributed by atoms with van der Waals surface area (Å²) in [6, 6.07) is 8.27. The van der Waals surface area contributed by atoms with E-state index in [2.05, 4.69) is 6.92 Å². The Morgan fingerprint density at radius 1 is 1.03 bits per heavy atom. The molecule has 0 fully saturated rings. The molecule has 1 aliphatic rings. The van der Waals surface area contributed by atoms with Crippen molar-refractivity contribution in [2.24, 2.45) is 5.92 Å². The highest BCUT2D eigenvalue weighted by Crippen LogP contribution is 2.33. The van der Waals surface area contributed by atoms with Gasteiger partial charge in [-0.2, -0.15) is 0 Å². The van der Waals surface area contributed by atoms with Crippen LogP contribution >= 0.6 is 0 Å². The van der Waals surface area contributed by atoms with E-state index in [-0.39, 0.29) is 17.3 Å². The van der Waals surface area contributed by atoms with Gasteiger partial charge < -0.3 is 4.74 Å². The molecule has 2 aromatic carbocycles. The molecule has 0 saturated carbocycles. The van der Waals surface area contributed by atoms with Crippen LogP contribution < -0.4 is 4.74 Å². The van der Waals surface area contributed by atoms with Crippen molar-refractivity contribution in [2.75, 3.05) is 6.61 Å². The van der Waals surface area contributed by atoms with E-state index in [0.29, 0.717) is 23.5 Å². The molecule has 0 heterocycles. The second-order valence-electron chi connectivity index (χ2n) is 8.27. The first-order chi connectivity index (χ1) is 15.0. The van der Waals surface area contributed by atoms with E-state index in [4.69, 9.17) is 4.74 Å². The van der Waals surface area contributed by atoms with Gasteiger partial charge in [-0.15, -0.1) is 0 Å². The Balaban J connectivity index is 1.58. The number of halogens is 3. The minimum absolute atomic E-state index is 0.223. The van der Waals surface area contributed by atoms with Crippen LogP contribution in [0.15, 0.2) is 42.5 Å². The Bertz CT molecular complexity index is 946. The maximum atomic E-state index is 14.6. The zero-order valence-corrected chi connectivity index (χ0v) is 18.4. The van der Waals surface area contributed by atoms with Crippen LogP contribution in [0.1, 0.15) is 68.6 Å². The summed E-state index contributed by atoms with van der Waals surface area (Å²) in [5, 5.41) is 0. The molecule has 0 saturated heterocycles. The third kappa shape index (κ3) is 6.25. The van der Waals surface area contributed by atoms with Crippen LogP contribution in [-0.2, 0) is 0 Å². The third-order valence-corrected chi connectivity index (χ3v) is 5.86. The smallest absolute Gasteiger partial charge is 0.166 e. The summed E-state index contributed by atoms with van der Waals surface area (Å²) in [4.78, 5) is 0. The predicted molar refractivity (Wildman–Crippen MR) is 121 cm³/mol. The fourth-order valence-electron chi connectivity index (χ4n) is 3.87. The first kappa shape index (κ1) is 23.2. The van der Waals surface area contributed by atoms with Gasteiger partial charge in [0, 0.05) is 17.2 Å². The largest absolute Gasteiger partial charge is 0.493 e. The summed E-state index contributed by atoms with van der Waals surface area (Å²) in [6.07, 6.45) is 12.4. The fourth-order valence-corrected chi connectivity index (χ4v) is 3.87. The van der Waals surface area contributed by atoms with Crippen LogP contribution in [0.5, 0.6) is 5.75 Å². The molecule has 2 aromatic rings. The number of hydrogen-bond acceptors (Lipinski definition) is 1. The van der Waals surface area contributed by atoms with Gasteiger partial charge in [-0.3, -0.25) is 0 Å². The van der Waals surface area contributed by atoms with Crippen molar-refractivity contribution < 1.29 is 17.9 Å². The highest BCUT2D eigenvalue weighted by molar-refractivity contribution is 5.67. The average Bonchev–Trinajstić information content (AvgIpc) is 2.77. The van der Waals surface area contributed by atoms with Gasteiger partial charge in [0.25, 0.3) is 0 Å². The number of unbranched alkanes of at least 4 members (excludes halogenated alkanes) is 3. The number of allylic oxidation sites excluding steroid dienone is 3. The molecule has 0 bridgehead atoms. The van der Waals surface area contributed by atoms with Crippen LogP contribution in [-0.4, -0.2) is 6.61 Å². The zero-order chi connectivity index (χ0) is 22.2. The van der Waals surface area contributed by atoms with Crippen molar-refractivity contribution in [3.8, 4) is 5.75 Å². The standard InChI is InChI=1S/C27H31F3O/c1-3-4-5-6-17-31-23-15-16-24(25(28)18-23)21-12-8-20(9-13-21)10-14-22-11-7-19(2)26(29)27(22)30/h7,10-12,14-16,18,20H,3-6,8-9,13,17H2,1-2H3/b14-10+. The molecule has 3 rings (SSSR count). The van der Waals surface area contributed by atoms with Crippen LogP contribution in [0, 0.1) is 30.3 Å². The molecule has 0 aromatic heterocycles. The van der Waals surface area contributed by atoms with Gasteiger partial charge >= 0.3 is 0 Å². The zero-order valence-electron chi connectivity index (χ0n) is 18.4. The first-order valence-corrected chi connectivity index (χ1v) is 11.2. The topological polar surface area (TPSA) is 9.23 Å². The molecule has 1 nitrogen and oxygen atoms in total. The minimum Gasteiger partial charge on any atom is -0.493 e. The Labute approximate surface area is 183 Å². The molecule has 4 heteroatoms.